The molecule has 0 saturated carbocycles. The molecule has 2 N–H and O–H groups in total. The Labute approximate surface area is 180 Å². The van der Waals surface area contributed by atoms with Crippen LogP contribution in [0.15, 0.2) is 59.6 Å². The highest BCUT2D eigenvalue weighted by molar-refractivity contribution is 7.89. The Morgan fingerprint density at radius 3 is 2.63 bits per heavy atom. The summed E-state index contributed by atoms with van der Waals surface area (Å²) in [5.41, 5.74) is 2.66. The maximum absolute atomic E-state index is 12.7. The highest BCUT2D eigenvalue weighted by Gasteiger charge is 2.25. The van der Waals surface area contributed by atoms with Gasteiger partial charge in [-0.05, 0) is 55.2 Å². The molecule has 0 saturated heterocycles. The van der Waals surface area contributed by atoms with Crippen molar-refractivity contribution < 1.29 is 13.2 Å². The van der Waals surface area contributed by atoms with Gasteiger partial charge in [-0.2, -0.15) is 0 Å². The number of carbonyl (C=O) groups is 1. The topological polar surface area (TPSA) is 88.2 Å². The van der Waals surface area contributed by atoms with Gasteiger partial charge in [-0.15, -0.1) is 11.3 Å². The number of nitrogens with zero attached hydrogens (tertiary/aromatic N) is 1. The molecule has 0 spiro atoms. The minimum Gasteiger partial charge on any atom is -0.349 e. The van der Waals surface area contributed by atoms with Crippen molar-refractivity contribution in [2.45, 2.75) is 37.1 Å². The van der Waals surface area contributed by atoms with Crippen molar-refractivity contribution in [2.24, 2.45) is 0 Å². The molecule has 2 aromatic carbocycles. The highest BCUT2D eigenvalue weighted by Crippen LogP contribution is 2.25. The number of hydrogen-bond acceptors (Lipinski definition) is 5. The number of thiazole rings is 1. The molecule has 8 heteroatoms. The fourth-order valence-corrected chi connectivity index (χ4v) is 5.48. The third-order valence-electron chi connectivity index (χ3n) is 5.09. The van der Waals surface area contributed by atoms with E-state index in [4.69, 9.17) is 0 Å². The minimum atomic E-state index is -3.59. The second-order valence-corrected chi connectivity index (χ2v) is 10.5. The zero-order chi connectivity index (χ0) is 21.1. The predicted molar refractivity (Wildman–Crippen MR) is 117 cm³/mol. The van der Waals surface area contributed by atoms with Crippen LogP contribution in [0.3, 0.4) is 0 Å². The number of hydrogen-bond donors (Lipinski definition) is 2. The molecule has 1 amide bonds. The molecule has 1 aliphatic carbocycles. The van der Waals surface area contributed by atoms with E-state index in [1.807, 2.05) is 31.2 Å². The summed E-state index contributed by atoms with van der Waals surface area (Å²) in [6.45, 7) is 2.29. The molecule has 0 bridgehead atoms. The van der Waals surface area contributed by atoms with Crippen LogP contribution in [0, 0.1) is 6.92 Å². The van der Waals surface area contributed by atoms with Crippen LogP contribution >= 0.6 is 11.3 Å². The molecule has 156 valence electrons. The van der Waals surface area contributed by atoms with Crippen molar-refractivity contribution in [1.29, 1.82) is 0 Å². The van der Waals surface area contributed by atoms with Gasteiger partial charge in [0.05, 0.1) is 9.90 Å². The number of carbonyl (C=O) groups excluding carboxylic acids is 1. The Morgan fingerprint density at radius 1 is 1.13 bits per heavy atom. The summed E-state index contributed by atoms with van der Waals surface area (Å²) in [5.74, 6) is -0.111. The number of amides is 1. The Bertz CT molecular complexity index is 1160. The quantitative estimate of drug-likeness (QED) is 0.590. The zero-order valence-corrected chi connectivity index (χ0v) is 18.2. The fourth-order valence-electron chi connectivity index (χ4n) is 3.61. The Kier molecular flexibility index (Phi) is 5.99. The van der Waals surface area contributed by atoms with Gasteiger partial charge in [-0.3, -0.25) is 4.79 Å². The first kappa shape index (κ1) is 20.7. The normalized spacial score (nSPS) is 15.7. The summed E-state index contributed by atoms with van der Waals surface area (Å²) < 4.78 is 28.0. The number of sulfonamides is 1. The number of aryl methyl sites for hydroxylation is 1. The first-order valence-electron chi connectivity index (χ1n) is 9.79. The van der Waals surface area contributed by atoms with Gasteiger partial charge in [-0.25, -0.2) is 18.1 Å². The van der Waals surface area contributed by atoms with Crippen molar-refractivity contribution in [3.63, 3.8) is 0 Å². The van der Waals surface area contributed by atoms with E-state index < -0.39 is 10.0 Å². The van der Waals surface area contributed by atoms with Gasteiger partial charge in [0, 0.05) is 35.6 Å². The molecule has 6 nitrogen and oxygen atoms in total. The van der Waals surface area contributed by atoms with Gasteiger partial charge < -0.3 is 5.32 Å². The summed E-state index contributed by atoms with van der Waals surface area (Å²) in [6.07, 6.45) is 3.68. The van der Waals surface area contributed by atoms with Crippen LogP contribution in [0.1, 0.15) is 31.4 Å². The van der Waals surface area contributed by atoms with Crippen LogP contribution in [-0.4, -0.2) is 31.9 Å². The van der Waals surface area contributed by atoms with E-state index in [0.29, 0.717) is 31.4 Å². The monoisotopic (exact) mass is 441 g/mol. The lowest BCUT2D eigenvalue weighted by atomic mass is 10.1. The maximum atomic E-state index is 12.7. The zero-order valence-electron chi connectivity index (χ0n) is 16.6. The molecule has 1 aromatic heterocycles. The molecule has 1 aliphatic rings. The van der Waals surface area contributed by atoms with Crippen LogP contribution in [0.25, 0.3) is 0 Å². The van der Waals surface area contributed by atoms with Gasteiger partial charge in [0.15, 0.2) is 0 Å². The average Bonchev–Trinajstić information content (AvgIpc) is 3.33. The van der Waals surface area contributed by atoms with Gasteiger partial charge >= 0.3 is 0 Å². The summed E-state index contributed by atoms with van der Waals surface area (Å²) in [4.78, 5) is 18.0. The summed E-state index contributed by atoms with van der Waals surface area (Å²) in [6, 6.07) is 14.3. The summed E-state index contributed by atoms with van der Waals surface area (Å²) in [5, 5.41) is 3.96. The van der Waals surface area contributed by atoms with E-state index in [9.17, 15) is 13.2 Å². The molecule has 0 fully saturated rings. The Hall–Kier alpha value is -2.55. The number of fused-ring (bicyclic) bond motifs is 1. The first-order valence-corrected chi connectivity index (χ1v) is 12.1. The van der Waals surface area contributed by atoms with E-state index >= 15 is 0 Å². The SMILES string of the molecule is Cc1cnc(CCNS(=O)(=O)c2ccc3c(c2)CC(NC(=O)c2ccccc2)C3)s1. The fraction of sp³-hybridized carbons (Fsp3) is 0.273. The minimum absolute atomic E-state index is 0.0354. The molecular weight excluding hydrogens is 418 g/mol. The standard InChI is InChI=1S/C22H23N3O3S2/c1-15-14-23-21(29-15)9-10-24-30(27,28)20-8-7-17-11-19(12-18(17)13-20)25-22(26)16-5-3-2-4-6-16/h2-8,13-14,19,24H,9-12H2,1H3,(H,25,26). The first-order chi connectivity index (χ1) is 14.4. The molecule has 30 heavy (non-hydrogen) atoms. The van der Waals surface area contributed by atoms with E-state index in [0.717, 1.165) is 21.0 Å². The van der Waals surface area contributed by atoms with Crippen molar-refractivity contribution >= 4 is 27.3 Å². The van der Waals surface area contributed by atoms with E-state index in [-0.39, 0.29) is 16.8 Å². The highest BCUT2D eigenvalue weighted by atomic mass is 32.2. The second kappa shape index (κ2) is 8.67. The largest absolute Gasteiger partial charge is 0.349 e. The third-order valence-corrected chi connectivity index (χ3v) is 7.52. The molecule has 3 aromatic rings. The molecule has 1 unspecified atom stereocenters. The van der Waals surface area contributed by atoms with Gasteiger partial charge in [-0.1, -0.05) is 24.3 Å². The van der Waals surface area contributed by atoms with E-state index in [1.165, 1.54) is 0 Å². The lowest BCUT2D eigenvalue weighted by molar-refractivity contribution is 0.0938. The molecule has 1 atom stereocenters. The Balaban J connectivity index is 1.38. The van der Waals surface area contributed by atoms with Crippen LogP contribution in [-0.2, 0) is 29.3 Å². The van der Waals surface area contributed by atoms with Crippen LogP contribution < -0.4 is 10.0 Å². The number of rotatable bonds is 7. The lowest BCUT2D eigenvalue weighted by Crippen LogP contribution is -2.35. The van der Waals surface area contributed by atoms with E-state index in [1.54, 1.807) is 41.8 Å². The van der Waals surface area contributed by atoms with Crippen LogP contribution in [0.5, 0.6) is 0 Å². The van der Waals surface area contributed by atoms with Gasteiger partial charge in [0.1, 0.15) is 0 Å². The predicted octanol–water partition coefficient (Wildman–Crippen LogP) is 2.87. The summed E-state index contributed by atoms with van der Waals surface area (Å²) in [7, 11) is -3.59. The van der Waals surface area contributed by atoms with E-state index in [2.05, 4.69) is 15.0 Å². The van der Waals surface area contributed by atoms with Gasteiger partial charge in [0.2, 0.25) is 10.0 Å². The summed E-state index contributed by atoms with van der Waals surface area (Å²) >= 11 is 1.57. The van der Waals surface area contributed by atoms with Crippen molar-refractivity contribution in [2.75, 3.05) is 6.54 Å². The Morgan fingerprint density at radius 2 is 1.90 bits per heavy atom. The molecule has 0 aliphatic heterocycles. The average molecular weight is 442 g/mol. The smallest absolute Gasteiger partial charge is 0.251 e. The van der Waals surface area contributed by atoms with Crippen molar-refractivity contribution in [3.8, 4) is 0 Å². The molecule has 1 heterocycles. The number of aromatic nitrogens is 1. The van der Waals surface area contributed by atoms with Gasteiger partial charge in [0.25, 0.3) is 5.91 Å². The molecule has 0 radical (unpaired) electrons. The maximum Gasteiger partial charge on any atom is 0.251 e. The lowest BCUT2D eigenvalue weighted by Gasteiger charge is -2.11. The number of benzene rings is 2. The van der Waals surface area contributed by atoms with Crippen LogP contribution in [0.2, 0.25) is 0 Å². The molecular formula is C22H23N3O3S2. The van der Waals surface area contributed by atoms with Crippen molar-refractivity contribution in [1.82, 2.24) is 15.0 Å². The molecule has 4 rings (SSSR count). The number of nitrogens with one attached hydrogen (secondary N) is 2. The second-order valence-electron chi connectivity index (χ2n) is 7.39. The van der Waals surface area contributed by atoms with Crippen LogP contribution in [0.4, 0.5) is 0 Å². The third kappa shape index (κ3) is 4.77. The van der Waals surface area contributed by atoms with Crippen molar-refractivity contribution in [3.05, 3.63) is 81.3 Å².